The summed E-state index contributed by atoms with van der Waals surface area (Å²) in [5.41, 5.74) is 6.58. The van der Waals surface area contributed by atoms with Gasteiger partial charge in [-0.3, -0.25) is 4.79 Å². The van der Waals surface area contributed by atoms with Gasteiger partial charge in [0.2, 0.25) is 17.6 Å². The summed E-state index contributed by atoms with van der Waals surface area (Å²) in [5.74, 6) is 1.90. The summed E-state index contributed by atoms with van der Waals surface area (Å²) in [6.07, 6.45) is 2.82. The Morgan fingerprint density at radius 2 is 2.20 bits per heavy atom. The second-order valence-electron chi connectivity index (χ2n) is 6.09. The van der Waals surface area contributed by atoms with Crippen LogP contribution in [0.25, 0.3) is 11.4 Å². The lowest BCUT2D eigenvalue weighted by Gasteiger charge is -2.23. The molecule has 1 saturated heterocycles. The summed E-state index contributed by atoms with van der Waals surface area (Å²) in [6.45, 7) is 3.89. The monoisotopic (exact) mass is 344 g/mol. The molecule has 1 aliphatic heterocycles. The molecule has 0 bridgehead atoms. The van der Waals surface area contributed by atoms with E-state index < -0.39 is 0 Å². The molecule has 0 saturated carbocycles. The summed E-state index contributed by atoms with van der Waals surface area (Å²) in [5, 5.41) is 4.00. The van der Waals surface area contributed by atoms with E-state index in [4.69, 9.17) is 15.0 Å². The van der Waals surface area contributed by atoms with Gasteiger partial charge in [0.25, 0.3) is 0 Å². The van der Waals surface area contributed by atoms with Crippen molar-refractivity contribution in [3.8, 4) is 17.1 Å². The third kappa shape index (κ3) is 4.17. The van der Waals surface area contributed by atoms with Gasteiger partial charge < -0.3 is 19.9 Å². The topological polar surface area (TPSA) is 94.5 Å². The van der Waals surface area contributed by atoms with Crippen LogP contribution >= 0.6 is 0 Å². The van der Waals surface area contributed by atoms with Crippen LogP contribution in [0.4, 0.5) is 0 Å². The highest BCUT2D eigenvalue weighted by molar-refractivity contribution is 5.77. The van der Waals surface area contributed by atoms with Gasteiger partial charge in [-0.25, -0.2) is 0 Å². The lowest BCUT2D eigenvalue weighted by Crippen LogP contribution is -2.40. The molecule has 1 aliphatic rings. The molecule has 2 aromatic rings. The van der Waals surface area contributed by atoms with Gasteiger partial charge in [-0.2, -0.15) is 4.98 Å². The van der Waals surface area contributed by atoms with Crippen molar-refractivity contribution in [2.75, 3.05) is 19.7 Å². The highest BCUT2D eigenvalue weighted by Crippen LogP contribution is 2.21. The predicted molar refractivity (Wildman–Crippen MR) is 93.0 cm³/mol. The fourth-order valence-electron chi connectivity index (χ4n) is 3.11. The van der Waals surface area contributed by atoms with Crippen LogP contribution in [0.2, 0.25) is 0 Å². The van der Waals surface area contributed by atoms with E-state index in [2.05, 4.69) is 10.1 Å². The summed E-state index contributed by atoms with van der Waals surface area (Å²) < 4.78 is 10.7. The van der Waals surface area contributed by atoms with Gasteiger partial charge in [-0.1, -0.05) is 5.16 Å². The summed E-state index contributed by atoms with van der Waals surface area (Å²) in [6, 6.07) is 7.70. The van der Waals surface area contributed by atoms with Crippen LogP contribution in [0.1, 0.15) is 32.1 Å². The number of benzene rings is 1. The fraction of sp³-hybridized carbons (Fsp3) is 0.500. The number of aryl methyl sites for hydroxylation is 1. The molecule has 2 heterocycles. The molecule has 0 radical (unpaired) electrons. The number of amides is 1. The molecule has 0 aliphatic carbocycles. The van der Waals surface area contributed by atoms with Crippen molar-refractivity contribution in [3.63, 3.8) is 0 Å². The minimum atomic E-state index is 0.105. The molecule has 134 valence electrons. The van der Waals surface area contributed by atoms with Gasteiger partial charge >= 0.3 is 0 Å². The summed E-state index contributed by atoms with van der Waals surface area (Å²) >= 11 is 0. The molecule has 7 heteroatoms. The van der Waals surface area contributed by atoms with Gasteiger partial charge in [0.1, 0.15) is 5.75 Å². The third-order valence-electron chi connectivity index (χ3n) is 4.41. The number of carbonyl (C=O) groups excluding carboxylic acids is 1. The van der Waals surface area contributed by atoms with Crippen molar-refractivity contribution in [1.29, 1.82) is 0 Å². The average molecular weight is 344 g/mol. The largest absolute Gasteiger partial charge is 0.494 e. The molecule has 0 spiro atoms. The molecule has 3 rings (SSSR count). The molecule has 2 N–H and O–H groups in total. The Labute approximate surface area is 147 Å². The number of ether oxygens (including phenoxy) is 1. The Morgan fingerprint density at radius 1 is 1.40 bits per heavy atom. The minimum absolute atomic E-state index is 0.105. The predicted octanol–water partition coefficient (Wildman–Crippen LogP) is 2.02. The van der Waals surface area contributed by atoms with E-state index in [1.165, 1.54) is 0 Å². The zero-order valence-electron chi connectivity index (χ0n) is 14.5. The number of likely N-dealkylation sites (tertiary alicyclic amines) is 1. The average Bonchev–Trinajstić information content (AvgIpc) is 3.30. The Hall–Kier alpha value is -2.41. The van der Waals surface area contributed by atoms with Crippen LogP contribution in [0.3, 0.4) is 0 Å². The molecule has 1 aromatic heterocycles. The maximum absolute atomic E-state index is 12.3. The first-order valence-electron chi connectivity index (χ1n) is 8.76. The van der Waals surface area contributed by atoms with Crippen LogP contribution < -0.4 is 10.5 Å². The number of nitrogens with two attached hydrogens (primary N) is 1. The van der Waals surface area contributed by atoms with E-state index in [9.17, 15) is 4.79 Å². The third-order valence-corrected chi connectivity index (χ3v) is 4.41. The van der Waals surface area contributed by atoms with Crippen molar-refractivity contribution in [2.45, 2.75) is 38.6 Å². The van der Waals surface area contributed by atoms with E-state index in [1.807, 2.05) is 36.1 Å². The molecular weight excluding hydrogens is 320 g/mol. The smallest absolute Gasteiger partial charge is 0.227 e. The maximum Gasteiger partial charge on any atom is 0.227 e. The molecule has 1 fully saturated rings. The van der Waals surface area contributed by atoms with Crippen molar-refractivity contribution in [2.24, 2.45) is 5.73 Å². The van der Waals surface area contributed by atoms with Crippen LogP contribution in [0.15, 0.2) is 28.8 Å². The van der Waals surface area contributed by atoms with Gasteiger partial charge in [-0.15, -0.1) is 0 Å². The number of aromatic nitrogens is 2. The van der Waals surface area contributed by atoms with Crippen molar-refractivity contribution in [1.82, 2.24) is 15.0 Å². The Bertz CT molecular complexity index is 699. The quantitative estimate of drug-likeness (QED) is 0.826. The second-order valence-corrected chi connectivity index (χ2v) is 6.09. The standard InChI is InChI=1S/C18H24N4O3/c1-2-24-15-7-5-13(6-8-15)18-20-16(25-21-18)9-10-17(23)22-11-3-4-14(22)12-19/h5-8,14H,2-4,9-12,19H2,1H3. The molecule has 25 heavy (non-hydrogen) atoms. The van der Waals surface area contributed by atoms with Gasteiger partial charge in [-0.05, 0) is 44.0 Å². The van der Waals surface area contributed by atoms with E-state index in [0.29, 0.717) is 37.7 Å². The Balaban J connectivity index is 1.57. The second kappa shape index (κ2) is 8.11. The summed E-state index contributed by atoms with van der Waals surface area (Å²) in [7, 11) is 0. The van der Waals surface area contributed by atoms with Gasteiger partial charge in [0.05, 0.1) is 6.61 Å². The van der Waals surface area contributed by atoms with Crippen LogP contribution in [0, 0.1) is 0 Å². The fourth-order valence-corrected chi connectivity index (χ4v) is 3.11. The van der Waals surface area contributed by atoms with Gasteiger partial charge in [0.15, 0.2) is 0 Å². The zero-order chi connectivity index (χ0) is 17.6. The number of rotatable bonds is 7. The molecule has 1 aromatic carbocycles. The van der Waals surface area contributed by atoms with E-state index in [1.54, 1.807) is 0 Å². The van der Waals surface area contributed by atoms with Crippen molar-refractivity contribution >= 4 is 5.91 Å². The first-order chi connectivity index (χ1) is 12.2. The zero-order valence-corrected chi connectivity index (χ0v) is 14.5. The van der Waals surface area contributed by atoms with Crippen LogP contribution in [0.5, 0.6) is 5.75 Å². The van der Waals surface area contributed by atoms with Crippen LogP contribution in [-0.2, 0) is 11.2 Å². The normalized spacial score (nSPS) is 17.0. The number of nitrogens with zero attached hydrogens (tertiary/aromatic N) is 3. The maximum atomic E-state index is 12.3. The molecule has 1 atom stereocenters. The van der Waals surface area contributed by atoms with Crippen molar-refractivity contribution < 1.29 is 14.1 Å². The highest BCUT2D eigenvalue weighted by Gasteiger charge is 2.27. The minimum Gasteiger partial charge on any atom is -0.494 e. The van der Waals surface area contributed by atoms with Gasteiger partial charge in [0, 0.05) is 37.5 Å². The molecular formula is C18H24N4O3. The Kier molecular flexibility index (Phi) is 5.65. The number of hydrogen-bond donors (Lipinski definition) is 1. The molecule has 1 amide bonds. The SMILES string of the molecule is CCOc1ccc(-c2noc(CCC(=O)N3CCCC3CN)n2)cc1. The molecule has 7 nitrogen and oxygen atoms in total. The van der Waals surface area contributed by atoms with E-state index >= 15 is 0 Å². The summed E-state index contributed by atoms with van der Waals surface area (Å²) in [4.78, 5) is 18.6. The van der Waals surface area contributed by atoms with E-state index in [0.717, 1.165) is 30.7 Å². The van der Waals surface area contributed by atoms with E-state index in [-0.39, 0.29) is 11.9 Å². The Morgan fingerprint density at radius 3 is 2.92 bits per heavy atom. The molecule has 1 unspecified atom stereocenters. The first-order valence-corrected chi connectivity index (χ1v) is 8.76. The highest BCUT2D eigenvalue weighted by atomic mass is 16.5. The number of carbonyl (C=O) groups is 1. The lowest BCUT2D eigenvalue weighted by molar-refractivity contribution is -0.131. The van der Waals surface area contributed by atoms with Crippen molar-refractivity contribution in [3.05, 3.63) is 30.2 Å². The van der Waals surface area contributed by atoms with Crippen LogP contribution in [-0.4, -0.2) is 46.7 Å². The first kappa shape index (κ1) is 17.4. The number of hydrogen-bond acceptors (Lipinski definition) is 6. The lowest BCUT2D eigenvalue weighted by atomic mass is 10.2.